The van der Waals surface area contributed by atoms with Crippen LogP contribution in [0.3, 0.4) is 0 Å². The van der Waals surface area contributed by atoms with Gasteiger partial charge in [0.05, 0.1) is 17.1 Å². The van der Waals surface area contributed by atoms with Crippen LogP contribution in [0.5, 0.6) is 0 Å². The minimum atomic E-state index is -3.53. The highest BCUT2D eigenvalue weighted by atomic mass is 35.5. The number of sulfonamides is 1. The number of halogens is 1. The van der Waals surface area contributed by atoms with E-state index in [0.717, 1.165) is 19.3 Å². The average Bonchev–Trinajstić information content (AvgIpc) is 3.27. The summed E-state index contributed by atoms with van der Waals surface area (Å²) in [5.41, 5.74) is 1.06. The minimum Gasteiger partial charge on any atom is -0.345 e. The number of rotatable bonds is 6. The monoisotopic (exact) mass is 460 g/mol. The van der Waals surface area contributed by atoms with Crippen molar-refractivity contribution in [2.45, 2.75) is 30.7 Å². The Hall–Kier alpha value is -2.82. The van der Waals surface area contributed by atoms with Crippen molar-refractivity contribution < 1.29 is 13.2 Å². The Labute approximate surface area is 185 Å². The van der Waals surface area contributed by atoms with Crippen molar-refractivity contribution in [2.75, 3.05) is 13.1 Å². The zero-order valence-electron chi connectivity index (χ0n) is 16.6. The van der Waals surface area contributed by atoms with E-state index in [9.17, 15) is 13.2 Å². The van der Waals surface area contributed by atoms with Crippen LogP contribution in [0, 0.1) is 0 Å². The van der Waals surface area contributed by atoms with Crippen LogP contribution in [-0.4, -0.2) is 51.9 Å². The third kappa shape index (κ3) is 4.76. The number of carbonyl (C=O) groups excluding carboxylic acids is 1. The number of nitrogens with one attached hydrogen (secondary N) is 1. The minimum absolute atomic E-state index is 0.0995. The van der Waals surface area contributed by atoms with E-state index in [1.807, 2.05) is 0 Å². The van der Waals surface area contributed by atoms with E-state index < -0.39 is 10.0 Å². The van der Waals surface area contributed by atoms with Crippen LogP contribution in [0.4, 0.5) is 0 Å². The number of tetrazole rings is 1. The third-order valence-corrected chi connectivity index (χ3v) is 7.25. The Balaban J connectivity index is 1.42. The van der Waals surface area contributed by atoms with Gasteiger partial charge in [0, 0.05) is 23.7 Å². The standard InChI is InChI=1S/C20H21ClN6O3S/c21-16-6-8-17(9-7-16)27-19(23-24-25-27)14-22-20(28)15-4-10-18(11-5-15)31(29,30)26-12-2-1-3-13-26/h4-11H,1-3,12-14H2,(H,22,28). The van der Waals surface area contributed by atoms with Crippen LogP contribution in [0.2, 0.25) is 5.02 Å². The van der Waals surface area contributed by atoms with Crippen molar-refractivity contribution in [3.8, 4) is 5.69 Å². The average molecular weight is 461 g/mol. The van der Waals surface area contributed by atoms with Crippen molar-refractivity contribution in [1.82, 2.24) is 29.8 Å². The summed E-state index contributed by atoms with van der Waals surface area (Å²) >= 11 is 5.91. The normalized spacial score (nSPS) is 15.0. The molecule has 4 rings (SSSR count). The number of amides is 1. The number of hydrogen-bond acceptors (Lipinski definition) is 6. The summed E-state index contributed by atoms with van der Waals surface area (Å²) in [5, 5.41) is 14.9. The van der Waals surface area contributed by atoms with Gasteiger partial charge >= 0.3 is 0 Å². The molecule has 0 atom stereocenters. The van der Waals surface area contributed by atoms with E-state index >= 15 is 0 Å². The van der Waals surface area contributed by atoms with Gasteiger partial charge in [-0.3, -0.25) is 4.79 Å². The Bertz CT molecular complexity index is 1160. The van der Waals surface area contributed by atoms with Gasteiger partial charge in [0.15, 0.2) is 5.82 Å². The largest absolute Gasteiger partial charge is 0.345 e. The fourth-order valence-electron chi connectivity index (χ4n) is 3.39. The van der Waals surface area contributed by atoms with Gasteiger partial charge in [-0.15, -0.1) is 5.10 Å². The maximum Gasteiger partial charge on any atom is 0.251 e. The zero-order chi connectivity index (χ0) is 21.8. The second-order valence-electron chi connectivity index (χ2n) is 7.16. The van der Waals surface area contributed by atoms with Crippen LogP contribution >= 0.6 is 11.6 Å². The van der Waals surface area contributed by atoms with Crippen LogP contribution in [0.25, 0.3) is 5.69 Å². The van der Waals surface area contributed by atoms with Gasteiger partial charge in [-0.25, -0.2) is 8.42 Å². The molecule has 11 heteroatoms. The second kappa shape index (κ2) is 9.13. The first kappa shape index (κ1) is 21.4. The lowest BCUT2D eigenvalue weighted by Crippen LogP contribution is -2.35. The first-order valence-electron chi connectivity index (χ1n) is 9.87. The summed E-state index contributed by atoms with van der Waals surface area (Å²) in [5.74, 6) is 0.0903. The van der Waals surface area contributed by atoms with Gasteiger partial charge in [-0.1, -0.05) is 18.0 Å². The van der Waals surface area contributed by atoms with Crippen molar-refractivity contribution in [1.29, 1.82) is 0 Å². The second-order valence-corrected chi connectivity index (χ2v) is 9.53. The van der Waals surface area contributed by atoms with Gasteiger partial charge in [0.1, 0.15) is 0 Å². The van der Waals surface area contributed by atoms with E-state index in [-0.39, 0.29) is 17.3 Å². The third-order valence-electron chi connectivity index (χ3n) is 5.08. The maximum atomic E-state index is 12.7. The smallest absolute Gasteiger partial charge is 0.251 e. The summed E-state index contributed by atoms with van der Waals surface area (Å²) in [6.45, 7) is 1.17. The van der Waals surface area contributed by atoms with E-state index in [2.05, 4.69) is 20.8 Å². The van der Waals surface area contributed by atoms with Crippen molar-refractivity contribution in [3.63, 3.8) is 0 Å². The van der Waals surface area contributed by atoms with Crippen LogP contribution < -0.4 is 5.32 Å². The molecule has 0 aliphatic carbocycles. The molecular formula is C20H21ClN6O3S. The fourth-order valence-corrected chi connectivity index (χ4v) is 5.04. The SMILES string of the molecule is O=C(NCc1nnnn1-c1ccc(Cl)cc1)c1ccc(S(=O)(=O)N2CCCCC2)cc1. The molecule has 9 nitrogen and oxygen atoms in total. The quantitative estimate of drug-likeness (QED) is 0.604. The van der Waals surface area contributed by atoms with Crippen molar-refractivity contribution in [2.24, 2.45) is 0 Å². The van der Waals surface area contributed by atoms with Crippen LogP contribution in [0.1, 0.15) is 35.4 Å². The summed E-state index contributed by atoms with van der Waals surface area (Å²) in [6, 6.07) is 12.9. The number of piperidine rings is 1. The molecule has 2 aromatic carbocycles. The van der Waals surface area contributed by atoms with E-state index in [1.54, 1.807) is 24.3 Å². The molecule has 0 bridgehead atoms. The summed E-state index contributed by atoms with van der Waals surface area (Å²) in [4.78, 5) is 12.7. The highest BCUT2D eigenvalue weighted by molar-refractivity contribution is 7.89. The molecule has 1 amide bonds. The molecule has 1 aliphatic rings. The molecule has 0 unspecified atom stereocenters. The van der Waals surface area contributed by atoms with Gasteiger partial charge in [0.25, 0.3) is 5.91 Å². The zero-order valence-corrected chi connectivity index (χ0v) is 18.2. The Kier molecular flexibility index (Phi) is 6.30. The molecule has 1 aromatic heterocycles. The maximum absolute atomic E-state index is 12.7. The van der Waals surface area contributed by atoms with Gasteiger partial charge in [-0.2, -0.15) is 8.99 Å². The number of hydrogen-bond donors (Lipinski definition) is 1. The van der Waals surface area contributed by atoms with Crippen molar-refractivity contribution in [3.05, 3.63) is 64.9 Å². The van der Waals surface area contributed by atoms with E-state index in [4.69, 9.17) is 11.6 Å². The first-order valence-corrected chi connectivity index (χ1v) is 11.7. The molecule has 162 valence electrons. The summed E-state index contributed by atoms with van der Waals surface area (Å²) < 4.78 is 28.5. The lowest BCUT2D eigenvalue weighted by atomic mass is 10.2. The molecule has 0 radical (unpaired) electrons. The van der Waals surface area contributed by atoms with Crippen LogP contribution in [0.15, 0.2) is 53.4 Å². The summed E-state index contributed by atoms with van der Waals surface area (Å²) in [6.07, 6.45) is 2.79. The molecule has 31 heavy (non-hydrogen) atoms. The highest BCUT2D eigenvalue weighted by Crippen LogP contribution is 2.21. The highest BCUT2D eigenvalue weighted by Gasteiger charge is 2.26. The van der Waals surface area contributed by atoms with Crippen LogP contribution in [-0.2, 0) is 16.6 Å². The molecule has 1 aliphatic heterocycles. The number of carbonyl (C=O) groups is 1. The van der Waals surface area contributed by atoms with Gasteiger partial charge < -0.3 is 5.32 Å². The van der Waals surface area contributed by atoms with Gasteiger partial charge in [0.2, 0.25) is 10.0 Å². The summed E-state index contributed by atoms with van der Waals surface area (Å²) in [7, 11) is -3.53. The number of aromatic nitrogens is 4. The Morgan fingerprint density at radius 3 is 2.35 bits per heavy atom. The lowest BCUT2D eigenvalue weighted by molar-refractivity contribution is 0.0949. The lowest BCUT2D eigenvalue weighted by Gasteiger charge is -2.25. The number of benzene rings is 2. The Morgan fingerprint density at radius 2 is 1.68 bits per heavy atom. The fraction of sp³-hybridized carbons (Fsp3) is 0.300. The molecule has 1 saturated heterocycles. The van der Waals surface area contributed by atoms with Crippen molar-refractivity contribution >= 4 is 27.5 Å². The molecule has 2 heterocycles. The molecule has 3 aromatic rings. The predicted octanol–water partition coefficient (Wildman–Crippen LogP) is 2.42. The molecule has 0 spiro atoms. The van der Waals surface area contributed by atoms with Gasteiger partial charge in [-0.05, 0) is 71.8 Å². The van der Waals surface area contributed by atoms with E-state index in [0.29, 0.717) is 35.2 Å². The van der Waals surface area contributed by atoms with E-state index in [1.165, 1.54) is 33.3 Å². The molecule has 1 N–H and O–H groups in total. The number of nitrogens with zero attached hydrogens (tertiary/aromatic N) is 5. The molecule has 1 fully saturated rings. The Morgan fingerprint density at radius 1 is 1.00 bits per heavy atom. The predicted molar refractivity (Wildman–Crippen MR) is 114 cm³/mol. The first-order chi connectivity index (χ1) is 14.9. The molecule has 0 saturated carbocycles. The molecular weight excluding hydrogens is 440 g/mol. The topological polar surface area (TPSA) is 110 Å².